The van der Waals surface area contributed by atoms with E-state index >= 15 is 0 Å². The molecule has 0 spiro atoms. The molecule has 2 aromatic carbocycles. The second kappa shape index (κ2) is 11.5. The molecule has 1 aliphatic carbocycles. The van der Waals surface area contributed by atoms with Gasteiger partial charge in [0.25, 0.3) is 0 Å². The molecule has 0 amide bonds. The lowest BCUT2D eigenvalue weighted by Gasteiger charge is -2.12. The van der Waals surface area contributed by atoms with Crippen LogP contribution in [0.4, 0.5) is 30.4 Å². The average Bonchev–Trinajstić information content (AvgIpc) is 3.23. The third-order valence-electron chi connectivity index (χ3n) is 6.65. The van der Waals surface area contributed by atoms with Crippen molar-refractivity contribution >= 4 is 17.2 Å². The first-order chi connectivity index (χ1) is 17.3. The van der Waals surface area contributed by atoms with E-state index in [9.17, 15) is 23.3 Å². The maximum Gasteiger partial charge on any atom is 0.389 e. The van der Waals surface area contributed by atoms with Gasteiger partial charge < -0.3 is 5.32 Å². The van der Waals surface area contributed by atoms with Gasteiger partial charge in [-0.2, -0.15) is 13.2 Å². The molecule has 190 valence electrons. The lowest BCUT2D eigenvalue weighted by atomic mass is 10.0. The van der Waals surface area contributed by atoms with Gasteiger partial charge in [-0.3, -0.25) is 10.1 Å². The predicted octanol–water partition coefficient (Wildman–Crippen LogP) is 8.53. The number of fused-ring (bicyclic) bond motifs is 3. The van der Waals surface area contributed by atoms with Crippen LogP contribution >= 0.6 is 0 Å². The standard InChI is InChI=1S/C28H30F3N3O2/c29-28(30,31)16-9-5-3-1-2-4-6-11-20-17-26(34(35)36)27(32-19-20)33-25-15-10-14-23-22-13-8-7-12-21(22)18-24(23)25/h7-8,10,12-15,17,19H,1-6,9,11,16,18H2,(H,32,33). The Morgan fingerprint density at radius 2 is 1.61 bits per heavy atom. The Hall–Kier alpha value is -3.42. The van der Waals surface area contributed by atoms with Crippen LogP contribution in [0.3, 0.4) is 0 Å². The van der Waals surface area contributed by atoms with Crippen LogP contribution in [0.25, 0.3) is 11.1 Å². The molecule has 1 aromatic heterocycles. The fraction of sp³-hybridized carbons (Fsp3) is 0.393. The third-order valence-corrected chi connectivity index (χ3v) is 6.65. The molecule has 0 saturated carbocycles. The second-order valence-corrected chi connectivity index (χ2v) is 9.35. The molecule has 8 heteroatoms. The number of nitro groups is 1. The summed E-state index contributed by atoms with van der Waals surface area (Å²) >= 11 is 0. The van der Waals surface area contributed by atoms with Crippen LogP contribution in [0.5, 0.6) is 0 Å². The second-order valence-electron chi connectivity index (χ2n) is 9.35. The lowest BCUT2D eigenvalue weighted by Crippen LogP contribution is -2.06. The van der Waals surface area contributed by atoms with E-state index in [-0.39, 0.29) is 17.9 Å². The van der Waals surface area contributed by atoms with Gasteiger partial charge in [-0.15, -0.1) is 0 Å². The topological polar surface area (TPSA) is 68.1 Å². The summed E-state index contributed by atoms with van der Waals surface area (Å²) in [6, 6.07) is 15.7. The number of benzene rings is 2. The fourth-order valence-electron chi connectivity index (χ4n) is 4.81. The summed E-state index contributed by atoms with van der Waals surface area (Å²) in [5.74, 6) is 0.229. The number of anilines is 2. The van der Waals surface area contributed by atoms with Crippen molar-refractivity contribution in [3.05, 3.63) is 81.5 Å². The molecule has 0 fully saturated rings. The Morgan fingerprint density at radius 1 is 0.917 bits per heavy atom. The fourth-order valence-corrected chi connectivity index (χ4v) is 4.81. The van der Waals surface area contributed by atoms with E-state index in [1.807, 2.05) is 24.3 Å². The van der Waals surface area contributed by atoms with E-state index in [0.717, 1.165) is 60.9 Å². The molecule has 1 heterocycles. The Kier molecular flexibility index (Phi) is 8.23. The SMILES string of the molecule is O=[N+]([O-])c1cc(CCCCCCCCCC(F)(F)F)cnc1Nc1cccc2c1Cc1ccccc1-2. The zero-order chi connectivity index (χ0) is 25.5. The van der Waals surface area contributed by atoms with Gasteiger partial charge in [-0.25, -0.2) is 4.98 Å². The van der Waals surface area contributed by atoms with Gasteiger partial charge in [0.2, 0.25) is 5.82 Å². The number of halogens is 3. The van der Waals surface area contributed by atoms with Crippen molar-refractivity contribution < 1.29 is 18.1 Å². The first kappa shape index (κ1) is 25.7. The molecule has 0 bridgehead atoms. The van der Waals surface area contributed by atoms with Crippen LogP contribution in [0.1, 0.15) is 68.1 Å². The number of hydrogen-bond donors (Lipinski definition) is 1. The maximum absolute atomic E-state index is 12.2. The summed E-state index contributed by atoms with van der Waals surface area (Å²) in [5, 5.41) is 15.0. The zero-order valence-electron chi connectivity index (χ0n) is 20.1. The summed E-state index contributed by atoms with van der Waals surface area (Å²) in [4.78, 5) is 15.8. The molecule has 0 unspecified atom stereocenters. The van der Waals surface area contributed by atoms with E-state index in [0.29, 0.717) is 12.8 Å². The van der Waals surface area contributed by atoms with Crippen molar-refractivity contribution in [2.75, 3.05) is 5.32 Å². The van der Waals surface area contributed by atoms with E-state index in [2.05, 4.69) is 28.5 Å². The third kappa shape index (κ3) is 6.62. The molecule has 0 saturated heterocycles. The van der Waals surface area contributed by atoms with Gasteiger partial charge in [0.1, 0.15) is 0 Å². The minimum absolute atomic E-state index is 0.0507. The van der Waals surface area contributed by atoms with Gasteiger partial charge in [0, 0.05) is 30.8 Å². The molecule has 1 N–H and O–H groups in total. The highest BCUT2D eigenvalue weighted by Gasteiger charge is 2.26. The Bertz CT molecular complexity index is 1210. The van der Waals surface area contributed by atoms with Gasteiger partial charge >= 0.3 is 11.9 Å². The van der Waals surface area contributed by atoms with E-state index in [4.69, 9.17) is 0 Å². The van der Waals surface area contributed by atoms with Crippen LogP contribution in [0.15, 0.2) is 54.7 Å². The van der Waals surface area contributed by atoms with Crippen LogP contribution in [0.2, 0.25) is 0 Å². The quantitative estimate of drug-likeness (QED) is 0.121. The molecule has 0 atom stereocenters. The summed E-state index contributed by atoms with van der Waals surface area (Å²) in [6.45, 7) is 0. The van der Waals surface area contributed by atoms with Crippen molar-refractivity contribution in [2.45, 2.75) is 70.4 Å². The first-order valence-electron chi connectivity index (χ1n) is 12.5. The summed E-state index contributed by atoms with van der Waals surface area (Å²) in [6.07, 6.45) is 3.61. The van der Waals surface area contributed by atoms with E-state index < -0.39 is 17.5 Å². The smallest absolute Gasteiger partial charge is 0.334 e. The molecule has 4 rings (SSSR count). The number of alkyl halides is 3. The summed E-state index contributed by atoms with van der Waals surface area (Å²) in [5.41, 5.74) is 6.25. The van der Waals surface area contributed by atoms with Crippen LogP contribution < -0.4 is 5.32 Å². The molecule has 0 aliphatic heterocycles. The maximum atomic E-state index is 12.2. The number of nitrogens with zero attached hydrogens (tertiary/aromatic N) is 2. The minimum atomic E-state index is -4.06. The number of aryl methyl sites for hydroxylation is 1. The molecule has 5 nitrogen and oxygen atoms in total. The summed E-state index contributed by atoms with van der Waals surface area (Å²) in [7, 11) is 0. The lowest BCUT2D eigenvalue weighted by molar-refractivity contribution is -0.384. The average molecular weight is 498 g/mol. The molecular formula is C28H30F3N3O2. The van der Waals surface area contributed by atoms with Gasteiger partial charge in [0.15, 0.2) is 0 Å². The van der Waals surface area contributed by atoms with Crippen LogP contribution in [0, 0.1) is 10.1 Å². The van der Waals surface area contributed by atoms with Crippen molar-refractivity contribution in [1.29, 1.82) is 0 Å². The number of pyridine rings is 1. The Balaban J connectivity index is 1.31. The first-order valence-corrected chi connectivity index (χ1v) is 12.5. The number of rotatable bonds is 12. The summed E-state index contributed by atoms with van der Waals surface area (Å²) < 4.78 is 36.5. The Morgan fingerprint density at radius 3 is 2.36 bits per heavy atom. The van der Waals surface area contributed by atoms with Crippen molar-refractivity contribution in [3.8, 4) is 11.1 Å². The molecule has 0 radical (unpaired) electrons. The molecule has 3 aromatic rings. The van der Waals surface area contributed by atoms with Crippen LogP contribution in [-0.2, 0) is 12.8 Å². The predicted molar refractivity (Wildman–Crippen MR) is 136 cm³/mol. The van der Waals surface area contributed by atoms with Crippen LogP contribution in [-0.4, -0.2) is 16.1 Å². The zero-order valence-corrected chi connectivity index (χ0v) is 20.1. The van der Waals surface area contributed by atoms with Gasteiger partial charge in [-0.05, 0) is 53.1 Å². The van der Waals surface area contributed by atoms with E-state index in [1.165, 1.54) is 11.1 Å². The highest BCUT2D eigenvalue weighted by Crippen LogP contribution is 2.41. The highest BCUT2D eigenvalue weighted by atomic mass is 19.4. The van der Waals surface area contributed by atoms with Crippen molar-refractivity contribution in [2.24, 2.45) is 0 Å². The van der Waals surface area contributed by atoms with Gasteiger partial charge in [-0.1, -0.05) is 68.5 Å². The number of aromatic nitrogens is 1. The molecular weight excluding hydrogens is 467 g/mol. The Labute approximate surface area is 208 Å². The number of hydrogen-bond acceptors (Lipinski definition) is 4. The normalized spacial score (nSPS) is 12.3. The van der Waals surface area contributed by atoms with Gasteiger partial charge in [0.05, 0.1) is 4.92 Å². The monoisotopic (exact) mass is 497 g/mol. The van der Waals surface area contributed by atoms with Crippen molar-refractivity contribution in [1.82, 2.24) is 4.98 Å². The highest BCUT2D eigenvalue weighted by molar-refractivity contribution is 5.83. The number of unbranched alkanes of at least 4 members (excludes halogenated alkanes) is 6. The molecule has 36 heavy (non-hydrogen) atoms. The number of nitrogens with one attached hydrogen (secondary N) is 1. The largest absolute Gasteiger partial charge is 0.389 e. The van der Waals surface area contributed by atoms with Crippen molar-refractivity contribution in [3.63, 3.8) is 0 Å². The van der Waals surface area contributed by atoms with E-state index in [1.54, 1.807) is 12.3 Å². The minimum Gasteiger partial charge on any atom is -0.334 e. The molecule has 1 aliphatic rings.